The molecule has 2 aromatic heterocycles. The summed E-state index contributed by atoms with van der Waals surface area (Å²) >= 11 is 5.68. The molecule has 260 valence electrons. The number of benzene rings is 2. The van der Waals surface area contributed by atoms with Crippen molar-refractivity contribution in [2.24, 2.45) is 10.8 Å². The van der Waals surface area contributed by atoms with Crippen LogP contribution in [0.15, 0.2) is 85.2 Å². The minimum atomic E-state index is 0.0377. The van der Waals surface area contributed by atoms with E-state index in [0.717, 1.165) is 48.0 Å². The first-order chi connectivity index (χ1) is 23.8. The van der Waals surface area contributed by atoms with E-state index in [-0.39, 0.29) is 29.1 Å². The number of aliphatic hydroxyl groups excluding tert-OH is 1. The van der Waals surface area contributed by atoms with E-state index in [4.69, 9.17) is 27.2 Å². The summed E-state index contributed by atoms with van der Waals surface area (Å²) in [4.78, 5) is 21.0. The van der Waals surface area contributed by atoms with Gasteiger partial charge in [0.05, 0.1) is 6.61 Å². The summed E-state index contributed by atoms with van der Waals surface area (Å²) in [7, 11) is 0. The molecule has 2 aromatic carbocycles. The van der Waals surface area contributed by atoms with Gasteiger partial charge in [0.1, 0.15) is 23.8 Å². The van der Waals surface area contributed by atoms with Gasteiger partial charge in [0.2, 0.25) is 11.6 Å². The second-order valence-electron chi connectivity index (χ2n) is 14.2. The van der Waals surface area contributed by atoms with Crippen LogP contribution in [-0.2, 0) is 13.1 Å². The molecule has 0 amide bonds. The van der Waals surface area contributed by atoms with Crippen molar-refractivity contribution in [1.29, 1.82) is 10.5 Å². The quantitative estimate of drug-likeness (QED) is 0.147. The van der Waals surface area contributed by atoms with Gasteiger partial charge < -0.3 is 14.9 Å². The van der Waals surface area contributed by atoms with E-state index in [1.54, 1.807) is 18.5 Å². The number of hydrogen-bond acceptors (Lipinski definition) is 9. The zero-order valence-corrected chi connectivity index (χ0v) is 30.6. The summed E-state index contributed by atoms with van der Waals surface area (Å²) in [6.45, 7) is 16.2. The van der Waals surface area contributed by atoms with Crippen molar-refractivity contribution in [3.63, 3.8) is 0 Å². The number of halogens is 1. The smallest absolute Gasteiger partial charge is 0.234 e. The maximum Gasteiger partial charge on any atom is 0.234 e. The molecular weight excluding hydrogens is 644 g/mol. The van der Waals surface area contributed by atoms with Crippen LogP contribution >= 0.6 is 11.6 Å². The number of anilines is 2. The average molecular weight is 691 g/mol. The second kappa shape index (κ2) is 19.2. The Kier molecular flexibility index (Phi) is 15.1. The van der Waals surface area contributed by atoms with Crippen molar-refractivity contribution in [2.75, 3.05) is 35.4 Å². The number of nitrogens with zero attached hydrogens (tertiary/aromatic N) is 8. The Bertz CT molecular complexity index is 1640. The molecule has 0 aliphatic rings. The van der Waals surface area contributed by atoms with Gasteiger partial charge in [0.25, 0.3) is 0 Å². The van der Waals surface area contributed by atoms with E-state index in [9.17, 15) is 0 Å². The molecular formula is C40H47ClN8O. The molecule has 4 rings (SSSR count). The van der Waals surface area contributed by atoms with Crippen molar-refractivity contribution >= 4 is 35.4 Å². The number of aromatic nitrogens is 4. The highest BCUT2D eigenvalue weighted by Crippen LogP contribution is 2.24. The molecule has 0 fully saturated rings. The summed E-state index contributed by atoms with van der Waals surface area (Å²) in [6.07, 6.45) is 10.8. The summed E-state index contributed by atoms with van der Waals surface area (Å²) in [5.41, 5.74) is 4.70. The third-order valence-electron chi connectivity index (χ3n) is 6.98. The van der Waals surface area contributed by atoms with Crippen molar-refractivity contribution < 1.29 is 5.11 Å². The third kappa shape index (κ3) is 14.2. The molecule has 4 aromatic rings. The predicted octanol–water partition coefficient (Wildman–Crippen LogP) is 8.06. The molecule has 10 heteroatoms. The fourth-order valence-corrected chi connectivity index (χ4v) is 5.11. The molecule has 9 nitrogen and oxygen atoms in total. The minimum absolute atomic E-state index is 0.0377. The summed E-state index contributed by atoms with van der Waals surface area (Å²) in [5.74, 6) is 2.41. The number of rotatable bonds is 12. The third-order valence-corrected chi connectivity index (χ3v) is 7.16. The Morgan fingerprint density at radius 2 is 1.06 bits per heavy atom. The predicted molar refractivity (Wildman–Crippen MR) is 203 cm³/mol. The van der Waals surface area contributed by atoms with Crippen LogP contribution in [0.3, 0.4) is 0 Å². The Hall–Kier alpha value is -5.09. The van der Waals surface area contributed by atoms with Crippen molar-refractivity contribution in [3.05, 3.63) is 119 Å². The first-order valence-corrected chi connectivity index (χ1v) is 17.0. The Balaban J connectivity index is 0.000000270. The lowest BCUT2D eigenvalue weighted by atomic mass is 9.95. The minimum Gasteiger partial charge on any atom is -0.392 e. The van der Waals surface area contributed by atoms with Gasteiger partial charge in [-0.15, -0.1) is 11.6 Å². The molecule has 0 unspecified atom stereocenters. The van der Waals surface area contributed by atoms with E-state index in [1.165, 1.54) is 5.56 Å². The highest BCUT2D eigenvalue weighted by molar-refractivity contribution is 6.19. The van der Waals surface area contributed by atoms with Gasteiger partial charge in [0, 0.05) is 44.5 Å². The molecule has 0 aliphatic heterocycles. The summed E-state index contributed by atoms with van der Waals surface area (Å²) < 4.78 is 0. The Labute approximate surface area is 302 Å². The van der Waals surface area contributed by atoms with Crippen LogP contribution in [0.1, 0.15) is 75.4 Å². The van der Waals surface area contributed by atoms with Gasteiger partial charge >= 0.3 is 0 Å². The standard InChI is InChI=1S/C20H23ClN4.C20H24N4O/c1-20(2,3)15-25(19-10-12-23-18(13-22)24-19)14-17-8-6-16(7-9-17)5-4-11-21;1-20(2,3)15-24(19-10-11-22-18(13-21)23-19)14-17-8-6-16(7-9-17)5-4-12-25/h4-10,12H,11,14-15H2,1-3H3;4-11,25H,12,14-15H2,1-3H3/b2*5-4+. The zero-order valence-electron chi connectivity index (χ0n) is 29.9. The lowest BCUT2D eigenvalue weighted by molar-refractivity contribution is 0.343. The van der Waals surface area contributed by atoms with E-state index in [0.29, 0.717) is 12.4 Å². The van der Waals surface area contributed by atoms with Crippen LogP contribution in [0.4, 0.5) is 11.6 Å². The zero-order chi connectivity index (χ0) is 36.6. The van der Waals surface area contributed by atoms with Gasteiger partial charge in [-0.05, 0) is 45.2 Å². The number of nitriles is 2. The van der Waals surface area contributed by atoms with Crippen molar-refractivity contribution in [3.8, 4) is 12.1 Å². The van der Waals surface area contributed by atoms with Crippen LogP contribution in [-0.4, -0.2) is 50.6 Å². The van der Waals surface area contributed by atoms with Crippen LogP contribution in [0, 0.1) is 33.5 Å². The molecule has 0 saturated heterocycles. The molecule has 0 atom stereocenters. The van der Waals surface area contributed by atoms with Crippen molar-refractivity contribution in [1.82, 2.24) is 19.9 Å². The molecule has 0 radical (unpaired) electrons. The monoisotopic (exact) mass is 690 g/mol. The second-order valence-corrected chi connectivity index (χ2v) is 14.5. The lowest BCUT2D eigenvalue weighted by Gasteiger charge is -2.31. The van der Waals surface area contributed by atoms with Crippen molar-refractivity contribution in [2.45, 2.75) is 54.6 Å². The van der Waals surface area contributed by atoms with Gasteiger partial charge in [0.15, 0.2) is 0 Å². The van der Waals surface area contributed by atoms with Gasteiger partial charge in [-0.3, -0.25) is 0 Å². The van der Waals surface area contributed by atoms with E-state index in [1.807, 2.05) is 54.6 Å². The van der Waals surface area contributed by atoms with Crippen LogP contribution in [0.25, 0.3) is 12.2 Å². The molecule has 0 spiro atoms. The first kappa shape index (κ1) is 39.3. The summed E-state index contributed by atoms with van der Waals surface area (Å²) in [6, 6.07) is 24.3. The highest BCUT2D eigenvalue weighted by Gasteiger charge is 2.20. The molecule has 0 saturated carbocycles. The Morgan fingerprint density at radius 3 is 1.40 bits per heavy atom. The highest BCUT2D eigenvalue weighted by atomic mass is 35.5. The molecule has 0 aliphatic carbocycles. The molecule has 0 bridgehead atoms. The number of hydrogen-bond donors (Lipinski definition) is 1. The van der Waals surface area contributed by atoms with Crippen LogP contribution in [0.2, 0.25) is 0 Å². The van der Waals surface area contributed by atoms with Gasteiger partial charge in [-0.1, -0.05) is 114 Å². The van der Waals surface area contributed by atoms with Crippen LogP contribution < -0.4 is 9.80 Å². The number of allylic oxidation sites excluding steroid dienone is 1. The van der Waals surface area contributed by atoms with Crippen LogP contribution in [0.5, 0.6) is 0 Å². The van der Waals surface area contributed by atoms with E-state index >= 15 is 0 Å². The Morgan fingerprint density at radius 1 is 0.660 bits per heavy atom. The fraction of sp³-hybridized carbons (Fsp3) is 0.350. The number of aliphatic hydroxyl groups is 1. The molecule has 50 heavy (non-hydrogen) atoms. The fourth-order valence-electron chi connectivity index (χ4n) is 5.02. The largest absolute Gasteiger partial charge is 0.392 e. The average Bonchev–Trinajstić information content (AvgIpc) is 3.09. The lowest BCUT2D eigenvalue weighted by Crippen LogP contribution is -2.33. The number of alkyl halides is 1. The topological polar surface area (TPSA) is 126 Å². The first-order valence-electron chi connectivity index (χ1n) is 16.5. The SMILES string of the molecule is CC(C)(C)CN(Cc1ccc(/C=C/CCl)cc1)c1ccnc(C#N)n1.CC(C)(C)CN(Cc1ccc(/C=C/CO)cc1)c1ccnc(C#N)n1. The molecule has 2 heterocycles. The van der Waals surface area contributed by atoms with Gasteiger partial charge in [-0.25, -0.2) is 19.9 Å². The maximum absolute atomic E-state index is 9.06. The summed E-state index contributed by atoms with van der Waals surface area (Å²) in [5, 5.41) is 27.0. The van der Waals surface area contributed by atoms with Gasteiger partial charge in [-0.2, -0.15) is 10.5 Å². The van der Waals surface area contributed by atoms with E-state index < -0.39 is 0 Å². The van der Waals surface area contributed by atoms with E-state index in [2.05, 4.69) is 108 Å². The normalized spacial score (nSPS) is 11.5. The molecule has 1 N–H and O–H groups in total. The maximum atomic E-state index is 9.06.